The Bertz CT molecular complexity index is 1600. The van der Waals surface area contributed by atoms with Crippen LogP contribution < -0.4 is 16.0 Å². The fourth-order valence-corrected chi connectivity index (χ4v) is 8.80. The monoisotopic (exact) mass is 640 g/mol. The van der Waals surface area contributed by atoms with Gasteiger partial charge in [0.2, 0.25) is 24.1 Å². The summed E-state index contributed by atoms with van der Waals surface area (Å²) in [6.07, 6.45) is 8.75. The van der Waals surface area contributed by atoms with E-state index in [1.807, 2.05) is 6.07 Å². The average Bonchev–Trinajstić information content (AvgIpc) is 3.70. The van der Waals surface area contributed by atoms with E-state index in [0.29, 0.717) is 35.0 Å². The average molecular weight is 642 g/mol. The number of halogens is 3. The number of nitrogens with zero attached hydrogens (tertiary/aromatic N) is 3. The van der Waals surface area contributed by atoms with Gasteiger partial charge in [0.05, 0.1) is 6.04 Å². The van der Waals surface area contributed by atoms with Crippen molar-refractivity contribution >= 4 is 40.7 Å². The fourth-order valence-electron chi connectivity index (χ4n) is 8.46. The second kappa shape index (κ2) is 10.8. The van der Waals surface area contributed by atoms with Crippen LogP contribution in [0.4, 0.5) is 10.1 Å². The third-order valence-corrected chi connectivity index (χ3v) is 11.2. The minimum absolute atomic E-state index is 0.0596. The van der Waals surface area contributed by atoms with Crippen LogP contribution in [0.5, 0.6) is 0 Å². The second-order valence-corrected chi connectivity index (χ2v) is 14.4. The van der Waals surface area contributed by atoms with E-state index >= 15 is 4.39 Å². The van der Waals surface area contributed by atoms with Crippen molar-refractivity contribution in [3.8, 4) is 0 Å². The molecule has 9 nitrogen and oxygen atoms in total. The lowest BCUT2D eigenvalue weighted by Gasteiger charge is -2.50. The van der Waals surface area contributed by atoms with Crippen LogP contribution in [0.2, 0.25) is 10.2 Å². The van der Waals surface area contributed by atoms with E-state index in [1.54, 1.807) is 18.2 Å². The Hall–Kier alpha value is -3.08. The molecule has 3 N–H and O–H groups in total. The first kappa shape index (κ1) is 29.6. The highest BCUT2D eigenvalue weighted by Crippen LogP contribution is 2.64. The highest BCUT2D eigenvalue weighted by molar-refractivity contribution is 6.31. The summed E-state index contributed by atoms with van der Waals surface area (Å²) in [5.74, 6) is -1.39. The van der Waals surface area contributed by atoms with Crippen molar-refractivity contribution in [2.24, 2.45) is 5.41 Å². The van der Waals surface area contributed by atoms with Crippen molar-refractivity contribution in [1.82, 2.24) is 25.8 Å². The van der Waals surface area contributed by atoms with Gasteiger partial charge in [-0.1, -0.05) is 43.1 Å². The zero-order valence-corrected chi connectivity index (χ0v) is 26.1. The number of pyridine rings is 1. The first-order valence-electron chi connectivity index (χ1n) is 15.3. The highest BCUT2D eigenvalue weighted by atomic mass is 35.5. The molecule has 3 atom stereocenters. The number of aromatic nitrogens is 3. The largest absolute Gasteiger partial charge is 0.428 e. The molecule has 3 aromatic rings. The number of fused-ring (bicyclic) bond motifs is 3. The number of amides is 2. The normalized spacial score (nSPS) is 30.3. The van der Waals surface area contributed by atoms with Gasteiger partial charge < -0.3 is 15.1 Å². The van der Waals surface area contributed by atoms with Crippen molar-refractivity contribution < 1.29 is 18.4 Å². The standard InChI is InChI=1S/C32H35Cl2FN6O3/c1-30(2)10-12-31(13-11-30)32(21-8-5-18(33)15-22(21)39-29(32)43)23(20-9-14-36-26(34)24(20)35)25(40-31)27(42)38-19-6-3-17(4-7-19)28-41-37-16-44-28/h5,8-9,14-17,19,23,25,40H,3-4,6-7,10-13H2,1-2H3,(H,38,42)(H,39,43)/t17?,19?,23-,25+,32?/m0/s1. The van der Waals surface area contributed by atoms with Crippen molar-refractivity contribution in [3.63, 3.8) is 0 Å². The van der Waals surface area contributed by atoms with Gasteiger partial charge in [0.1, 0.15) is 5.41 Å². The summed E-state index contributed by atoms with van der Waals surface area (Å²) < 4.78 is 21.5. The van der Waals surface area contributed by atoms with E-state index in [9.17, 15) is 9.59 Å². The third-order valence-electron chi connectivity index (χ3n) is 10.8. The molecule has 2 spiro atoms. The third kappa shape index (κ3) is 4.55. The molecule has 4 heterocycles. The van der Waals surface area contributed by atoms with Crippen LogP contribution in [0.15, 0.2) is 41.3 Å². The van der Waals surface area contributed by atoms with E-state index in [1.165, 1.54) is 12.6 Å². The van der Waals surface area contributed by atoms with Gasteiger partial charge in [-0.3, -0.25) is 14.9 Å². The van der Waals surface area contributed by atoms with Gasteiger partial charge in [-0.15, -0.1) is 10.2 Å². The molecule has 232 valence electrons. The van der Waals surface area contributed by atoms with Crippen LogP contribution in [-0.4, -0.2) is 44.6 Å². The number of carbonyl (C=O) groups excluding carboxylic acids is 2. The molecule has 0 radical (unpaired) electrons. The number of anilines is 1. The molecule has 2 amide bonds. The molecular weight excluding hydrogens is 606 g/mol. The van der Waals surface area contributed by atoms with Crippen LogP contribution in [0.1, 0.15) is 94.1 Å². The smallest absolute Gasteiger partial charge is 0.238 e. The molecule has 2 aliphatic carbocycles. The summed E-state index contributed by atoms with van der Waals surface area (Å²) in [5.41, 5.74) is -0.573. The minimum atomic E-state index is -1.30. The quantitative estimate of drug-likeness (QED) is 0.297. The Morgan fingerprint density at radius 3 is 2.55 bits per heavy atom. The molecule has 3 fully saturated rings. The lowest BCUT2D eigenvalue weighted by atomic mass is 9.53. The molecule has 12 heteroatoms. The first-order valence-corrected chi connectivity index (χ1v) is 16.1. The lowest BCUT2D eigenvalue weighted by Crippen LogP contribution is -2.61. The summed E-state index contributed by atoms with van der Waals surface area (Å²) in [6, 6.07) is 5.89. The molecule has 1 unspecified atom stereocenters. The van der Waals surface area contributed by atoms with Crippen molar-refractivity contribution in [1.29, 1.82) is 0 Å². The predicted molar refractivity (Wildman–Crippen MR) is 163 cm³/mol. The number of hydrogen-bond acceptors (Lipinski definition) is 7. The van der Waals surface area contributed by atoms with E-state index in [-0.39, 0.29) is 39.9 Å². The Morgan fingerprint density at radius 1 is 1.09 bits per heavy atom. The minimum Gasteiger partial charge on any atom is -0.428 e. The van der Waals surface area contributed by atoms with Gasteiger partial charge in [0.15, 0.2) is 11.0 Å². The zero-order valence-electron chi connectivity index (χ0n) is 24.6. The van der Waals surface area contributed by atoms with E-state index in [2.05, 4.69) is 45.0 Å². The molecule has 2 aromatic heterocycles. The van der Waals surface area contributed by atoms with E-state index < -0.39 is 28.7 Å². The zero-order chi connectivity index (χ0) is 30.9. The second-order valence-electron chi connectivity index (χ2n) is 13.6. The maximum Gasteiger partial charge on any atom is 0.238 e. The highest BCUT2D eigenvalue weighted by Gasteiger charge is 2.73. The molecule has 2 saturated carbocycles. The van der Waals surface area contributed by atoms with Crippen molar-refractivity contribution in [2.45, 2.75) is 100 Å². The molecule has 7 rings (SSSR count). The maximum absolute atomic E-state index is 16.1. The van der Waals surface area contributed by atoms with Crippen molar-refractivity contribution in [2.75, 3.05) is 5.32 Å². The van der Waals surface area contributed by atoms with Crippen molar-refractivity contribution in [3.05, 3.63) is 69.9 Å². The van der Waals surface area contributed by atoms with E-state index in [0.717, 1.165) is 38.5 Å². The van der Waals surface area contributed by atoms with Crippen LogP contribution >= 0.6 is 23.2 Å². The van der Waals surface area contributed by atoms with Crippen LogP contribution in [0.3, 0.4) is 0 Å². The van der Waals surface area contributed by atoms with Gasteiger partial charge in [-0.05, 0) is 86.1 Å². The van der Waals surface area contributed by atoms with Gasteiger partial charge in [-0.25, -0.2) is 9.37 Å². The molecule has 2 aliphatic heterocycles. The topological polar surface area (TPSA) is 122 Å². The fraction of sp³-hybridized carbons (Fsp3) is 0.531. The van der Waals surface area contributed by atoms with Crippen LogP contribution in [0.25, 0.3) is 0 Å². The first-order chi connectivity index (χ1) is 21.0. The molecule has 1 saturated heterocycles. The van der Waals surface area contributed by atoms with Gasteiger partial charge in [-0.2, -0.15) is 0 Å². The Morgan fingerprint density at radius 2 is 1.84 bits per heavy atom. The van der Waals surface area contributed by atoms with Gasteiger partial charge in [0, 0.05) is 40.3 Å². The number of benzene rings is 1. The summed E-state index contributed by atoms with van der Waals surface area (Å²) >= 11 is 12.6. The van der Waals surface area contributed by atoms with Crippen LogP contribution in [-0.2, 0) is 15.0 Å². The van der Waals surface area contributed by atoms with E-state index in [4.69, 9.17) is 27.6 Å². The van der Waals surface area contributed by atoms with Crippen LogP contribution in [0, 0.1) is 11.2 Å². The van der Waals surface area contributed by atoms with Gasteiger partial charge in [0.25, 0.3) is 0 Å². The number of rotatable bonds is 4. The number of hydrogen-bond donors (Lipinski definition) is 3. The Balaban J connectivity index is 1.31. The Labute approximate surface area is 265 Å². The Kier molecular flexibility index (Phi) is 7.25. The SMILES string of the molecule is CC1(C)CCC2(CC1)N[C@@H](C(=O)NC1CCC(c3nnco3)CC1)[C@H](c1ccnc(Cl)c1F)C21C(=O)Nc2cc(Cl)ccc21. The maximum atomic E-state index is 16.1. The molecule has 44 heavy (non-hydrogen) atoms. The molecule has 4 aliphatic rings. The molecule has 0 bridgehead atoms. The summed E-state index contributed by atoms with van der Waals surface area (Å²) in [5, 5.41) is 18.1. The summed E-state index contributed by atoms with van der Waals surface area (Å²) in [7, 11) is 0. The summed E-state index contributed by atoms with van der Waals surface area (Å²) in [4.78, 5) is 33.0. The van der Waals surface area contributed by atoms with Gasteiger partial charge >= 0.3 is 0 Å². The molecular formula is C32H35Cl2FN6O3. The summed E-state index contributed by atoms with van der Waals surface area (Å²) in [6.45, 7) is 4.44. The number of nitrogens with one attached hydrogen (secondary N) is 3. The number of carbonyl (C=O) groups is 2. The molecule has 1 aromatic carbocycles. The predicted octanol–water partition coefficient (Wildman–Crippen LogP) is 6.04. The lowest BCUT2D eigenvalue weighted by molar-refractivity contribution is -0.125.